The fourth-order valence-electron chi connectivity index (χ4n) is 3.55. The first-order valence-electron chi connectivity index (χ1n) is 6.53. The van der Waals surface area contributed by atoms with Crippen LogP contribution in [0.3, 0.4) is 0 Å². The van der Waals surface area contributed by atoms with E-state index in [0.717, 1.165) is 12.8 Å². The van der Waals surface area contributed by atoms with E-state index in [1.807, 2.05) is 6.92 Å². The Kier molecular flexibility index (Phi) is 7.87. The zero-order chi connectivity index (χ0) is 14.8. The normalized spacial score (nSPS) is 28.1. The second kappa shape index (κ2) is 7.67. The van der Waals surface area contributed by atoms with Crippen LogP contribution in [0.5, 0.6) is 0 Å². The average molecular weight is 356 g/mol. The molecule has 7 heteroatoms. The Labute approximate surface area is 169 Å². The molecule has 6 nitrogen and oxygen atoms in total. The molecule has 0 aromatic rings. The topological polar surface area (TPSA) is 98.5 Å². The quantitative estimate of drug-likeness (QED) is 0.325. The maximum atomic E-state index is 11.3. The van der Waals surface area contributed by atoms with Gasteiger partial charge >= 0.3 is 58.2 Å². The van der Waals surface area contributed by atoms with Gasteiger partial charge in [-0.2, -0.15) is 0 Å². The number of hydrazine groups is 1. The number of amides is 2. The third-order valence-corrected chi connectivity index (χ3v) is 3.72. The van der Waals surface area contributed by atoms with Gasteiger partial charge in [-0.3, -0.25) is 9.80 Å². The summed E-state index contributed by atoms with van der Waals surface area (Å²) in [6.07, 6.45) is 1.07. The molecule has 0 aliphatic heterocycles. The molecule has 2 atom stereocenters. The summed E-state index contributed by atoms with van der Waals surface area (Å²) in [5, 5.41) is 14.4. The minimum Gasteiger partial charge on any atom is -0.530 e. The number of carboxylic acid groups (broad SMARTS) is 1. The van der Waals surface area contributed by atoms with Crippen LogP contribution in [-0.2, 0) is 4.79 Å². The van der Waals surface area contributed by atoms with Crippen molar-refractivity contribution < 1.29 is 72.9 Å². The van der Waals surface area contributed by atoms with Crippen molar-refractivity contribution in [2.75, 3.05) is 6.54 Å². The van der Waals surface area contributed by atoms with Crippen molar-refractivity contribution in [3.05, 3.63) is 0 Å². The van der Waals surface area contributed by atoms with Crippen LogP contribution in [0.1, 0.15) is 47.0 Å². The number of hydrogen-bond donors (Lipinski definition) is 2. The molecule has 110 valence electrons. The van der Waals surface area contributed by atoms with Gasteiger partial charge < -0.3 is 15.2 Å². The van der Waals surface area contributed by atoms with Gasteiger partial charge in [-0.05, 0) is 30.1 Å². The van der Waals surface area contributed by atoms with Crippen LogP contribution in [0.15, 0.2) is 0 Å². The Morgan fingerprint density at radius 2 is 1.90 bits per heavy atom. The van der Waals surface area contributed by atoms with Crippen molar-refractivity contribution in [1.82, 2.24) is 10.3 Å². The fraction of sp³-hybridized carbons (Fsp3) is 0.846. The standard InChI is InChI=1S/C13H25N3O3.Rb/c1-9(17)16(14)8-13(4)6-10(15-11(18)19)5-12(2,3)7-13;/h10,15H,5-8,14H2,1-4H3,(H,18,19);/q;+1/p-1. The van der Waals surface area contributed by atoms with Crippen LogP contribution in [0.2, 0.25) is 0 Å². The number of nitrogens with zero attached hydrogens (tertiary/aromatic N) is 1. The molecule has 1 rings (SSSR count). The van der Waals surface area contributed by atoms with E-state index in [1.165, 1.54) is 11.9 Å². The van der Waals surface area contributed by atoms with E-state index < -0.39 is 6.09 Å². The Balaban J connectivity index is 0.00000361. The zero-order valence-corrected chi connectivity index (χ0v) is 18.1. The predicted octanol–water partition coefficient (Wildman–Crippen LogP) is -2.77. The average Bonchev–Trinajstić information content (AvgIpc) is 2.11. The number of nitrogens with two attached hydrogens (primary N) is 1. The molecule has 1 aliphatic carbocycles. The SMILES string of the molecule is CC(=O)N(N)CC1(C)CC(NC(=O)[O-])CC(C)(C)C1.[Rb+]. The van der Waals surface area contributed by atoms with Crippen molar-refractivity contribution in [1.29, 1.82) is 0 Å². The van der Waals surface area contributed by atoms with Crippen molar-refractivity contribution in [3.63, 3.8) is 0 Å². The van der Waals surface area contributed by atoms with Gasteiger partial charge in [-0.25, -0.2) is 5.84 Å². The van der Waals surface area contributed by atoms with Gasteiger partial charge in [0.1, 0.15) is 6.09 Å². The first-order chi connectivity index (χ1) is 8.53. The number of nitrogens with one attached hydrogen (secondary N) is 1. The summed E-state index contributed by atoms with van der Waals surface area (Å²) in [5.41, 5.74) is -0.201. The Bertz CT molecular complexity index is 376. The smallest absolute Gasteiger partial charge is 0.530 e. The molecule has 2 amide bonds. The fourth-order valence-corrected chi connectivity index (χ4v) is 3.55. The first kappa shape index (κ1) is 20.5. The molecule has 0 spiro atoms. The monoisotopic (exact) mass is 355 g/mol. The van der Waals surface area contributed by atoms with Crippen LogP contribution in [0.25, 0.3) is 0 Å². The van der Waals surface area contributed by atoms with E-state index in [0.29, 0.717) is 13.0 Å². The number of hydrogen-bond acceptors (Lipinski definition) is 4. The van der Waals surface area contributed by atoms with Gasteiger partial charge in [0.15, 0.2) is 0 Å². The molecule has 3 N–H and O–H groups in total. The van der Waals surface area contributed by atoms with Gasteiger partial charge in [0.05, 0.1) is 0 Å². The molecule has 1 fully saturated rings. The summed E-state index contributed by atoms with van der Waals surface area (Å²) in [6, 6.07) is -0.154. The molecule has 20 heavy (non-hydrogen) atoms. The van der Waals surface area contributed by atoms with E-state index in [2.05, 4.69) is 19.2 Å². The molecule has 1 saturated carbocycles. The first-order valence-corrected chi connectivity index (χ1v) is 6.53. The Hall–Kier alpha value is 0.505. The molecular weight excluding hydrogens is 332 g/mol. The predicted molar refractivity (Wildman–Crippen MR) is 69.6 cm³/mol. The Morgan fingerprint density at radius 3 is 2.35 bits per heavy atom. The molecule has 0 heterocycles. The molecule has 1 aliphatic rings. The maximum absolute atomic E-state index is 11.3. The number of rotatable bonds is 3. The van der Waals surface area contributed by atoms with Crippen LogP contribution >= 0.6 is 0 Å². The zero-order valence-electron chi connectivity index (χ0n) is 13.2. The molecule has 0 radical (unpaired) electrons. The third-order valence-electron chi connectivity index (χ3n) is 3.72. The van der Waals surface area contributed by atoms with Crippen molar-refractivity contribution >= 4 is 12.0 Å². The van der Waals surface area contributed by atoms with Crippen molar-refractivity contribution in [2.45, 2.75) is 53.0 Å². The third kappa shape index (κ3) is 6.51. The molecule has 0 aromatic carbocycles. The molecule has 0 aromatic heterocycles. The minimum atomic E-state index is -1.25. The molecular formula is C13H24N3O3Rb. The number of carbonyl (C=O) groups is 2. The summed E-state index contributed by atoms with van der Waals surface area (Å²) < 4.78 is 0. The maximum Gasteiger partial charge on any atom is 1.00 e. The van der Waals surface area contributed by atoms with Gasteiger partial charge in [-0.15, -0.1) is 0 Å². The summed E-state index contributed by atoms with van der Waals surface area (Å²) in [5.74, 6) is 5.52. The molecule has 2 unspecified atom stereocenters. The van der Waals surface area contributed by atoms with Crippen LogP contribution < -0.4 is 74.5 Å². The Morgan fingerprint density at radius 1 is 1.35 bits per heavy atom. The largest absolute Gasteiger partial charge is 1.00 e. The van der Waals surface area contributed by atoms with Crippen molar-refractivity contribution in [3.8, 4) is 0 Å². The van der Waals surface area contributed by atoms with E-state index in [4.69, 9.17) is 5.84 Å². The summed E-state index contributed by atoms with van der Waals surface area (Å²) >= 11 is 0. The van der Waals surface area contributed by atoms with E-state index >= 15 is 0 Å². The molecule has 0 saturated heterocycles. The van der Waals surface area contributed by atoms with Crippen molar-refractivity contribution in [2.24, 2.45) is 16.7 Å². The second-order valence-electron chi connectivity index (χ2n) is 6.84. The van der Waals surface area contributed by atoms with Crippen LogP contribution in [-0.4, -0.2) is 29.6 Å². The van der Waals surface area contributed by atoms with Crippen LogP contribution in [0.4, 0.5) is 4.79 Å². The van der Waals surface area contributed by atoms with E-state index in [-0.39, 0.29) is 81.0 Å². The van der Waals surface area contributed by atoms with Gasteiger partial charge in [0, 0.05) is 19.5 Å². The summed E-state index contributed by atoms with van der Waals surface area (Å²) in [7, 11) is 0. The van der Waals surface area contributed by atoms with Gasteiger partial charge in [0.2, 0.25) is 5.91 Å². The second-order valence-corrected chi connectivity index (χ2v) is 6.84. The number of carbonyl (C=O) groups excluding carboxylic acids is 2. The van der Waals surface area contributed by atoms with Gasteiger partial charge in [0.25, 0.3) is 0 Å². The minimum absolute atomic E-state index is 0. The summed E-state index contributed by atoms with van der Waals surface area (Å²) in [4.78, 5) is 22.0. The van der Waals surface area contributed by atoms with Crippen LogP contribution in [0, 0.1) is 10.8 Å². The van der Waals surface area contributed by atoms with E-state index in [1.54, 1.807) is 0 Å². The van der Waals surface area contributed by atoms with E-state index in [9.17, 15) is 14.7 Å². The van der Waals surface area contributed by atoms with Gasteiger partial charge in [-0.1, -0.05) is 20.8 Å². The summed E-state index contributed by atoms with van der Waals surface area (Å²) in [6.45, 7) is 8.10. The molecule has 0 bridgehead atoms.